The summed E-state index contributed by atoms with van der Waals surface area (Å²) in [6, 6.07) is 2.78. The fourth-order valence-electron chi connectivity index (χ4n) is 1.06. The van der Waals surface area contributed by atoms with Gasteiger partial charge >= 0.3 is 7.60 Å². The van der Waals surface area contributed by atoms with Crippen molar-refractivity contribution in [1.29, 1.82) is 0 Å². The summed E-state index contributed by atoms with van der Waals surface area (Å²) in [6.45, 7) is 0. The maximum atomic E-state index is 13.2. The number of rotatable bonds is 3. The van der Waals surface area contributed by atoms with Crippen LogP contribution in [0.4, 0.5) is 10.1 Å². The first kappa shape index (κ1) is 13.1. The molecule has 0 aliphatic rings. The largest absolute Gasteiger partial charge is 0.399 e. The first-order chi connectivity index (χ1) is 7.12. The third-order valence-electron chi connectivity index (χ3n) is 1.63. The van der Waals surface area contributed by atoms with Gasteiger partial charge in [0.25, 0.3) is 0 Å². The van der Waals surface area contributed by atoms with Crippen LogP contribution in [-0.4, -0.2) is 23.7 Å². The molecule has 0 spiro atoms. The minimum atomic E-state index is -4.77. The SMILES string of the molecule is Nc1ccc(S(=O)(=O)CP(=O)(O)O)c(F)c1. The highest BCUT2D eigenvalue weighted by molar-refractivity contribution is 7.97. The third-order valence-corrected chi connectivity index (χ3v) is 5.34. The Hall–Kier alpha value is -0.950. The summed E-state index contributed by atoms with van der Waals surface area (Å²) < 4.78 is 46.6. The Morgan fingerprint density at radius 1 is 1.38 bits per heavy atom. The van der Waals surface area contributed by atoms with Crippen LogP contribution in [0.5, 0.6) is 0 Å². The molecule has 0 heterocycles. The van der Waals surface area contributed by atoms with Crippen LogP contribution in [0.1, 0.15) is 0 Å². The summed E-state index contributed by atoms with van der Waals surface area (Å²) in [5.41, 5.74) is 3.80. The highest BCUT2D eigenvalue weighted by Crippen LogP contribution is 2.38. The second-order valence-electron chi connectivity index (χ2n) is 3.10. The van der Waals surface area contributed by atoms with Gasteiger partial charge in [-0.1, -0.05) is 0 Å². The number of hydrogen-bond donors (Lipinski definition) is 3. The Kier molecular flexibility index (Phi) is 3.39. The van der Waals surface area contributed by atoms with Crippen molar-refractivity contribution in [2.75, 3.05) is 11.2 Å². The van der Waals surface area contributed by atoms with Crippen molar-refractivity contribution in [3.63, 3.8) is 0 Å². The number of halogens is 1. The number of hydrogen-bond acceptors (Lipinski definition) is 4. The van der Waals surface area contributed by atoms with Crippen molar-refractivity contribution in [2.45, 2.75) is 4.90 Å². The van der Waals surface area contributed by atoms with Crippen LogP contribution in [0.3, 0.4) is 0 Å². The highest BCUT2D eigenvalue weighted by Gasteiger charge is 2.28. The molecule has 0 saturated heterocycles. The van der Waals surface area contributed by atoms with Gasteiger partial charge in [-0.25, -0.2) is 12.8 Å². The van der Waals surface area contributed by atoms with E-state index in [1.54, 1.807) is 0 Å². The van der Waals surface area contributed by atoms with Crippen LogP contribution in [0.15, 0.2) is 23.1 Å². The normalized spacial score (nSPS) is 12.7. The van der Waals surface area contributed by atoms with Crippen molar-refractivity contribution in [3.8, 4) is 0 Å². The van der Waals surface area contributed by atoms with Crippen molar-refractivity contribution in [2.24, 2.45) is 0 Å². The van der Waals surface area contributed by atoms with E-state index >= 15 is 0 Å². The molecule has 0 radical (unpaired) electrons. The molecule has 0 aromatic heterocycles. The molecule has 16 heavy (non-hydrogen) atoms. The van der Waals surface area contributed by atoms with E-state index in [1.165, 1.54) is 0 Å². The lowest BCUT2D eigenvalue weighted by molar-refractivity contribution is 0.378. The van der Waals surface area contributed by atoms with E-state index in [2.05, 4.69) is 0 Å². The van der Waals surface area contributed by atoms with Gasteiger partial charge in [-0.2, -0.15) is 0 Å². The second kappa shape index (κ2) is 4.14. The Balaban J connectivity index is 3.23. The molecule has 90 valence electrons. The lowest BCUT2D eigenvalue weighted by Gasteiger charge is -2.07. The minimum absolute atomic E-state index is 0.0210. The number of nitrogens with two attached hydrogens (primary N) is 1. The molecule has 0 saturated carbocycles. The number of benzene rings is 1. The van der Waals surface area contributed by atoms with Crippen molar-refractivity contribution >= 4 is 23.1 Å². The molecule has 0 unspecified atom stereocenters. The maximum Gasteiger partial charge on any atom is 0.340 e. The minimum Gasteiger partial charge on any atom is -0.399 e. The van der Waals surface area contributed by atoms with E-state index in [9.17, 15) is 17.4 Å². The first-order valence-electron chi connectivity index (χ1n) is 3.94. The van der Waals surface area contributed by atoms with Crippen LogP contribution >= 0.6 is 7.60 Å². The molecule has 0 aliphatic carbocycles. The summed E-state index contributed by atoms with van der Waals surface area (Å²) in [4.78, 5) is 16.3. The molecule has 0 aliphatic heterocycles. The van der Waals surface area contributed by atoms with Gasteiger partial charge in [0.05, 0.1) is 0 Å². The monoisotopic (exact) mass is 269 g/mol. The zero-order valence-electron chi connectivity index (χ0n) is 7.87. The zero-order valence-corrected chi connectivity index (χ0v) is 9.58. The Morgan fingerprint density at radius 3 is 2.38 bits per heavy atom. The van der Waals surface area contributed by atoms with Crippen LogP contribution in [0, 0.1) is 5.82 Å². The molecule has 1 aromatic rings. The zero-order chi connectivity index (χ0) is 12.6. The number of nitrogen functional groups attached to an aromatic ring is 1. The fraction of sp³-hybridized carbons (Fsp3) is 0.143. The summed E-state index contributed by atoms with van der Waals surface area (Å²) in [6.07, 6.45) is 0. The Labute approximate surface area is 91.0 Å². The van der Waals surface area contributed by atoms with Gasteiger partial charge in [-0.05, 0) is 18.2 Å². The van der Waals surface area contributed by atoms with Gasteiger partial charge in [-0.15, -0.1) is 0 Å². The predicted molar refractivity (Wildman–Crippen MR) is 54.9 cm³/mol. The van der Waals surface area contributed by atoms with Crippen LogP contribution < -0.4 is 5.73 Å². The molecule has 0 fully saturated rings. The lowest BCUT2D eigenvalue weighted by atomic mass is 10.3. The lowest BCUT2D eigenvalue weighted by Crippen LogP contribution is -2.09. The number of sulfone groups is 1. The molecule has 6 nitrogen and oxygen atoms in total. The smallest absolute Gasteiger partial charge is 0.340 e. The van der Waals surface area contributed by atoms with Crippen molar-refractivity contribution in [3.05, 3.63) is 24.0 Å². The molecule has 0 atom stereocenters. The van der Waals surface area contributed by atoms with Crippen LogP contribution in [0.25, 0.3) is 0 Å². The summed E-state index contributed by atoms with van der Waals surface area (Å²) in [7, 11) is -9.13. The predicted octanol–water partition coefficient (Wildman–Crippen LogP) is 0.317. The molecule has 1 rings (SSSR count). The summed E-state index contributed by atoms with van der Waals surface area (Å²) >= 11 is 0. The Bertz CT molecular complexity index is 552. The van der Waals surface area contributed by atoms with E-state index in [0.29, 0.717) is 0 Å². The molecule has 9 heteroatoms. The number of anilines is 1. The van der Waals surface area contributed by atoms with E-state index in [1.807, 2.05) is 0 Å². The van der Waals surface area contributed by atoms with Gasteiger partial charge in [0, 0.05) is 5.69 Å². The summed E-state index contributed by atoms with van der Waals surface area (Å²) in [5.74, 6) is -1.13. The standard InChI is InChI=1S/C7H9FNO5PS/c8-6-3-5(9)1-2-7(6)16(13,14)4-15(10,11)12/h1-3H,4,9H2,(H2,10,11,12). The maximum absolute atomic E-state index is 13.2. The van der Waals surface area contributed by atoms with Gasteiger partial charge in [0.15, 0.2) is 15.3 Å². The summed E-state index contributed by atoms with van der Waals surface area (Å²) in [5, 5.41) is 0. The van der Waals surface area contributed by atoms with Gasteiger partial charge < -0.3 is 15.5 Å². The molecule has 1 aromatic carbocycles. The molecule has 0 bridgehead atoms. The first-order valence-corrected chi connectivity index (χ1v) is 7.39. The molecular weight excluding hydrogens is 260 g/mol. The average Bonchev–Trinajstić information content (AvgIpc) is 1.97. The van der Waals surface area contributed by atoms with Gasteiger partial charge in [0.1, 0.15) is 10.7 Å². The second-order valence-corrected chi connectivity index (χ2v) is 7.13. The van der Waals surface area contributed by atoms with Gasteiger partial charge in [-0.3, -0.25) is 4.57 Å². The van der Waals surface area contributed by atoms with Gasteiger partial charge in [0.2, 0.25) is 0 Å². The highest BCUT2D eigenvalue weighted by atomic mass is 32.2. The molecular formula is C7H9FNO5PS. The topological polar surface area (TPSA) is 118 Å². The average molecular weight is 269 g/mol. The van der Waals surface area contributed by atoms with E-state index in [4.69, 9.17) is 15.5 Å². The van der Waals surface area contributed by atoms with E-state index in [0.717, 1.165) is 18.2 Å². The van der Waals surface area contributed by atoms with Crippen LogP contribution in [0.2, 0.25) is 0 Å². The third kappa shape index (κ3) is 3.28. The van der Waals surface area contributed by atoms with E-state index in [-0.39, 0.29) is 5.69 Å². The van der Waals surface area contributed by atoms with Crippen molar-refractivity contribution < 1.29 is 27.2 Å². The fourth-order valence-corrected chi connectivity index (χ4v) is 4.02. The van der Waals surface area contributed by atoms with Crippen LogP contribution in [-0.2, 0) is 14.4 Å². The molecule has 0 amide bonds. The molecule has 4 N–H and O–H groups in total. The Morgan fingerprint density at radius 2 is 1.94 bits per heavy atom. The van der Waals surface area contributed by atoms with Crippen molar-refractivity contribution in [1.82, 2.24) is 0 Å². The quantitative estimate of drug-likeness (QED) is 0.537. The van der Waals surface area contributed by atoms with E-state index < -0.39 is 33.6 Å².